The second-order valence-corrected chi connectivity index (χ2v) is 4.90. The third kappa shape index (κ3) is 4.38. The summed E-state index contributed by atoms with van der Waals surface area (Å²) in [5.74, 6) is -1.69. The number of hydrogen-bond acceptors (Lipinski definition) is 6. The molecule has 1 heterocycles. The van der Waals surface area contributed by atoms with E-state index >= 15 is 0 Å². The van der Waals surface area contributed by atoms with E-state index in [1.165, 1.54) is 0 Å². The number of carbonyl (C=O) groups excluding carboxylic acids is 2. The first kappa shape index (κ1) is 17.6. The van der Waals surface area contributed by atoms with Crippen molar-refractivity contribution in [1.29, 1.82) is 0 Å². The number of aromatic amines is 1. The Labute approximate surface area is 137 Å². The number of aromatic nitrogens is 2. The van der Waals surface area contributed by atoms with E-state index in [9.17, 15) is 14.8 Å². The van der Waals surface area contributed by atoms with E-state index in [-0.39, 0.29) is 24.5 Å². The summed E-state index contributed by atoms with van der Waals surface area (Å²) in [7, 11) is 0. The average Bonchev–Trinajstić information content (AvgIpc) is 3.05. The number of nitrogens with zero attached hydrogens (tertiary/aromatic N) is 1. The Morgan fingerprint density at radius 1 is 1.42 bits per heavy atom. The van der Waals surface area contributed by atoms with Gasteiger partial charge >= 0.3 is 5.97 Å². The zero-order valence-electron chi connectivity index (χ0n) is 13.0. The molecular formula is C15H18N4O5. The third-order valence-corrected chi connectivity index (χ3v) is 3.23. The summed E-state index contributed by atoms with van der Waals surface area (Å²) in [4.78, 5) is 30.4. The second kappa shape index (κ2) is 8.20. The Bertz CT molecular complexity index is 686. The fraction of sp³-hybridized carbons (Fsp3) is 0.267. The van der Waals surface area contributed by atoms with Gasteiger partial charge in [0.05, 0.1) is 12.9 Å². The minimum atomic E-state index is -1.31. The van der Waals surface area contributed by atoms with Crippen LogP contribution in [0.3, 0.4) is 0 Å². The first-order chi connectivity index (χ1) is 11.5. The molecule has 2 rings (SSSR count). The van der Waals surface area contributed by atoms with Crippen molar-refractivity contribution >= 4 is 17.7 Å². The molecule has 2 aromatic rings. The van der Waals surface area contributed by atoms with Crippen LogP contribution in [0, 0.1) is 5.21 Å². The maximum absolute atomic E-state index is 12.3. The van der Waals surface area contributed by atoms with Crippen molar-refractivity contribution < 1.29 is 24.8 Å². The normalized spacial score (nSPS) is 13.1. The van der Waals surface area contributed by atoms with E-state index in [0.717, 1.165) is 11.9 Å². The molecule has 0 aliphatic heterocycles. The molecule has 1 amide bonds. The van der Waals surface area contributed by atoms with Crippen molar-refractivity contribution in [3.8, 4) is 0 Å². The fourth-order valence-corrected chi connectivity index (χ4v) is 2.14. The second-order valence-electron chi connectivity index (χ2n) is 4.90. The Balaban J connectivity index is 2.16. The molecule has 1 aromatic heterocycles. The topological polar surface area (TPSA) is 132 Å². The number of nitrogens with one attached hydrogen (secondary N) is 3. The molecular weight excluding hydrogens is 316 g/mol. The summed E-state index contributed by atoms with van der Waals surface area (Å²) in [6.45, 7) is 1.83. The van der Waals surface area contributed by atoms with Gasteiger partial charge in [0, 0.05) is 6.42 Å². The largest absolute Gasteiger partial charge is 0.594 e. The highest BCUT2D eigenvalue weighted by Gasteiger charge is 2.27. The Morgan fingerprint density at radius 2 is 2.12 bits per heavy atom. The first-order valence-corrected chi connectivity index (χ1v) is 7.31. The number of benzene rings is 1. The third-order valence-electron chi connectivity index (χ3n) is 3.23. The monoisotopic (exact) mass is 334 g/mol. The van der Waals surface area contributed by atoms with Gasteiger partial charge in [-0.25, -0.2) is 15.0 Å². The molecule has 2 atom stereocenters. The van der Waals surface area contributed by atoms with Crippen molar-refractivity contribution in [1.82, 2.24) is 15.3 Å². The Morgan fingerprint density at radius 3 is 2.75 bits per heavy atom. The predicted molar refractivity (Wildman–Crippen MR) is 82.4 cm³/mol. The van der Waals surface area contributed by atoms with Crippen LogP contribution < -0.4 is 10.5 Å². The summed E-state index contributed by atoms with van der Waals surface area (Å²) in [5.41, 5.74) is 0.543. The minimum absolute atomic E-state index is 0.169. The van der Waals surface area contributed by atoms with Crippen LogP contribution in [-0.2, 0) is 16.0 Å². The smallest absolute Gasteiger partial charge is 0.328 e. The number of amides is 1. The number of rotatable bonds is 7. The van der Waals surface area contributed by atoms with Gasteiger partial charge in [-0.05, 0) is 12.5 Å². The number of hydrogen-bond donors (Lipinski definition) is 4. The molecule has 128 valence electrons. The molecule has 0 radical (unpaired) electrons. The highest BCUT2D eigenvalue weighted by atomic mass is 16.8. The summed E-state index contributed by atoms with van der Waals surface area (Å²) < 4.78 is 4.97. The number of esters is 1. The fourth-order valence-electron chi connectivity index (χ4n) is 2.14. The lowest BCUT2D eigenvalue weighted by atomic mass is 10.1. The van der Waals surface area contributed by atoms with E-state index in [4.69, 9.17) is 9.94 Å². The van der Waals surface area contributed by atoms with Gasteiger partial charge in [-0.3, -0.25) is 9.78 Å². The molecule has 9 nitrogen and oxygen atoms in total. The van der Waals surface area contributed by atoms with Crippen LogP contribution in [0.15, 0.2) is 36.7 Å². The molecule has 0 saturated carbocycles. The Kier molecular flexibility index (Phi) is 6.01. The van der Waals surface area contributed by atoms with Gasteiger partial charge in [-0.2, -0.15) is 5.23 Å². The van der Waals surface area contributed by atoms with Crippen molar-refractivity contribution in [3.63, 3.8) is 0 Å². The summed E-state index contributed by atoms with van der Waals surface area (Å²) in [6, 6.07) is 8.15. The van der Waals surface area contributed by atoms with E-state index in [1.54, 1.807) is 6.92 Å². The SMILES string of the molecule is CCOC(=O)C(Cc1ccccc1)NC(=O)c1nc[nH]c1[NH+]([O-])O. The zero-order chi connectivity index (χ0) is 17.5. The average molecular weight is 334 g/mol. The molecule has 0 bridgehead atoms. The molecule has 0 spiro atoms. The van der Waals surface area contributed by atoms with E-state index < -0.39 is 23.1 Å². The summed E-state index contributed by atoms with van der Waals surface area (Å²) >= 11 is 0. The van der Waals surface area contributed by atoms with Crippen LogP contribution in [0.1, 0.15) is 23.0 Å². The maximum atomic E-state index is 12.3. The molecule has 24 heavy (non-hydrogen) atoms. The van der Waals surface area contributed by atoms with Gasteiger partial charge in [0.2, 0.25) is 5.69 Å². The van der Waals surface area contributed by atoms with E-state index in [1.807, 2.05) is 30.3 Å². The predicted octanol–water partition coefficient (Wildman–Crippen LogP) is -0.283. The zero-order valence-corrected chi connectivity index (χ0v) is 13.0. The molecule has 0 aliphatic carbocycles. The molecule has 2 unspecified atom stereocenters. The highest BCUT2D eigenvalue weighted by Crippen LogP contribution is 2.08. The standard InChI is InChI=1S/C15H18N4O5/c1-2-24-15(21)11(8-10-6-4-3-5-7-10)18-14(20)12-13(19(22)23)17-9-16-12/h3-7,9,11,19,22H,2,8H2,1H3,(H,16,17)(H,18,20). The number of H-pyrrole nitrogens is 1. The minimum Gasteiger partial charge on any atom is -0.594 e. The molecule has 4 N–H and O–H groups in total. The van der Waals surface area contributed by atoms with Crippen molar-refractivity contribution in [2.45, 2.75) is 19.4 Å². The quantitative estimate of drug-likeness (QED) is 0.407. The van der Waals surface area contributed by atoms with Crippen LogP contribution in [-0.4, -0.2) is 39.7 Å². The lowest BCUT2D eigenvalue weighted by Gasteiger charge is -2.17. The molecule has 0 fully saturated rings. The van der Waals surface area contributed by atoms with Crippen molar-refractivity contribution in [3.05, 3.63) is 53.1 Å². The first-order valence-electron chi connectivity index (χ1n) is 7.31. The molecule has 1 aromatic carbocycles. The summed E-state index contributed by atoms with van der Waals surface area (Å²) in [6.07, 6.45) is 1.33. The summed E-state index contributed by atoms with van der Waals surface area (Å²) in [5, 5.41) is 21.3. The van der Waals surface area contributed by atoms with Crippen LogP contribution in [0.4, 0.5) is 5.82 Å². The van der Waals surface area contributed by atoms with Crippen LogP contribution >= 0.6 is 0 Å². The van der Waals surface area contributed by atoms with E-state index in [0.29, 0.717) is 0 Å². The lowest BCUT2D eigenvalue weighted by molar-refractivity contribution is -0.993. The number of imidazole rings is 1. The van der Waals surface area contributed by atoms with E-state index in [2.05, 4.69) is 15.3 Å². The highest BCUT2D eigenvalue weighted by molar-refractivity contribution is 5.97. The Hall–Kier alpha value is -2.75. The van der Waals surface area contributed by atoms with Gasteiger partial charge in [-0.15, -0.1) is 0 Å². The van der Waals surface area contributed by atoms with Crippen LogP contribution in [0.2, 0.25) is 0 Å². The maximum Gasteiger partial charge on any atom is 0.328 e. The number of carbonyl (C=O) groups is 2. The van der Waals surface area contributed by atoms with Crippen molar-refractivity contribution in [2.24, 2.45) is 0 Å². The number of ether oxygens (including phenoxy) is 1. The molecule has 9 heteroatoms. The van der Waals surface area contributed by atoms with Gasteiger partial charge < -0.3 is 15.3 Å². The van der Waals surface area contributed by atoms with Crippen molar-refractivity contribution in [2.75, 3.05) is 6.61 Å². The van der Waals surface area contributed by atoms with Gasteiger partial charge in [0.25, 0.3) is 11.7 Å². The van der Waals surface area contributed by atoms with Crippen LogP contribution in [0.5, 0.6) is 0 Å². The van der Waals surface area contributed by atoms with Gasteiger partial charge in [-0.1, -0.05) is 30.3 Å². The van der Waals surface area contributed by atoms with Crippen LogP contribution in [0.25, 0.3) is 0 Å². The van der Waals surface area contributed by atoms with Gasteiger partial charge in [0.15, 0.2) is 0 Å². The molecule has 0 aliphatic rings. The lowest BCUT2D eigenvalue weighted by Crippen LogP contribution is -2.99. The molecule has 0 saturated heterocycles. The number of quaternary nitrogens is 1. The van der Waals surface area contributed by atoms with Gasteiger partial charge in [0.1, 0.15) is 6.04 Å².